The molecule has 0 aliphatic rings. The summed E-state index contributed by atoms with van der Waals surface area (Å²) in [5.74, 6) is 1.90. The molecule has 0 saturated carbocycles. The summed E-state index contributed by atoms with van der Waals surface area (Å²) < 4.78 is 16.9. The molecule has 0 aliphatic heterocycles. The van der Waals surface area contributed by atoms with E-state index >= 15 is 0 Å². The Morgan fingerprint density at radius 2 is 1.86 bits per heavy atom. The molecule has 0 amide bonds. The molecule has 0 saturated heterocycles. The highest BCUT2D eigenvalue weighted by molar-refractivity contribution is 6.04. The van der Waals surface area contributed by atoms with E-state index in [0.29, 0.717) is 28.3 Å². The Hall–Kier alpha value is -3.81. The molecule has 0 bridgehead atoms. The Morgan fingerprint density at radius 1 is 1.04 bits per heavy atom. The molecule has 28 heavy (non-hydrogen) atoms. The third kappa shape index (κ3) is 2.94. The summed E-state index contributed by atoms with van der Waals surface area (Å²) in [5, 5.41) is 5.06. The topological polar surface area (TPSA) is 90.7 Å². The van der Waals surface area contributed by atoms with E-state index in [-0.39, 0.29) is 5.56 Å². The summed E-state index contributed by atoms with van der Waals surface area (Å²) in [4.78, 5) is 20.3. The van der Waals surface area contributed by atoms with Crippen molar-refractivity contribution in [2.45, 2.75) is 0 Å². The second kappa shape index (κ2) is 7.07. The zero-order valence-electron chi connectivity index (χ0n) is 15.6. The van der Waals surface area contributed by atoms with Gasteiger partial charge in [-0.25, -0.2) is 4.98 Å². The van der Waals surface area contributed by atoms with E-state index in [4.69, 9.17) is 14.2 Å². The Morgan fingerprint density at radius 3 is 2.61 bits per heavy atom. The fourth-order valence-corrected chi connectivity index (χ4v) is 3.00. The lowest BCUT2D eigenvalue weighted by Crippen LogP contribution is -2.17. The first-order valence-electron chi connectivity index (χ1n) is 8.48. The molecule has 0 atom stereocenters. The van der Waals surface area contributed by atoms with Crippen LogP contribution in [0.2, 0.25) is 0 Å². The number of methoxy groups -OCH3 is 3. The Bertz CT molecular complexity index is 1260. The van der Waals surface area contributed by atoms with Crippen molar-refractivity contribution in [2.75, 3.05) is 21.3 Å². The molecule has 2 aromatic carbocycles. The van der Waals surface area contributed by atoms with Crippen LogP contribution in [0.25, 0.3) is 21.9 Å². The molecule has 142 valence electrons. The van der Waals surface area contributed by atoms with Gasteiger partial charge in [-0.05, 0) is 42.0 Å². The number of hydrogen-bond donors (Lipinski definition) is 1. The third-order valence-electron chi connectivity index (χ3n) is 4.44. The fraction of sp³-hybridized carbons (Fsp3) is 0.150. The van der Waals surface area contributed by atoms with Crippen LogP contribution in [0.5, 0.6) is 17.2 Å². The largest absolute Gasteiger partial charge is 0.497 e. The maximum absolute atomic E-state index is 12.8. The van der Waals surface area contributed by atoms with Crippen molar-refractivity contribution in [3.8, 4) is 17.2 Å². The zero-order valence-corrected chi connectivity index (χ0v) is 15.6. The van der Waals surface area contributed by atoms with Crippen molar-refractivity contribution >= 4 is 28.2 Å². The predicted octanol–water partition coefficient (Wildman–Crippen LogP) is 2.79. The standard InChI is InChI=1S/C20H18N4O4/c1-26-13-5-6-15-14(9-13)18-19(23-15)20(25)24(11-21-18)22-10-12-4-7-16(27-2)17(8-12)28-3/h4-11,23H,1-3H3/b22-10-. The summed E-state index contributed by atoms with van der Waals surface area (Å²) in [6, 6.07) is 10.9. The first-order chi connectivity index (χ1) is 13.6. The van der Waals surface area contributed by atoms with Crippen LogP contribution in [0.1, 0.15) is 5.56 Å². The average Bonchev–Trinajstić information content (AvgIpc) is 3.11. The lowest BCUT2D eigenvalue weighted by atomic mass is 10.2. The van der Waals surface area contributed by atoms with Gasteiger partial charge in [-0.1, -0.05) is 0 Å². The molecular formula is C20H18N4O4. The molecule has 0 spiro atoms. The number of ether oxygens (including phenoxy) is 3. The van der Waals surface area contributed by atoms with Crippen LogP contribution in [-0.2, 0) is 0 Å². The molecule has 0 radical (unpaired) electrons. The van der Waals surface area contributed by atoms with Crippen molar-refractivity contribution in [1.29, 1.82) is 0 Å². The van der Waals surface area contributed by atoms with E-state index in [2.05, 4.69) is 15.1 Å². The van der Waals surface area contributed by atoms with Crippen LogP contribution >= 0.6 is 0 Å². The van der Waals surface area contributed by atoms with Gasteiger partial charge in [0.25, 0.3) is 5.56 Å². The maximum Gasteiger partial charge on any atom is 0.298 e. The van der Waals surface area contributed by atoms with Gasteiger partial charge in [-0.3, -0.25) is 4.79 Å². The highest BCUT2D eigenvalue weighted by Gasteiger charge is 2.11. The van der Waals surface area contributed by atoms with Crippen molar-refractivity contribution < 1.29 is 14.2 Å². The van der Waals surface area contributed by atoms with Crippen molar-refractivity contribution in [3.63, 3.8) is 0 Å². The first-order valence-corrected chi connectivity index (χ1v) is 8.48. The Labute approximate surface area is 160 Å². The number of H-pyrrole nitrogens is 1. The van der Waals surface area contributed by atoms with Gasteiger partial charge in [-0.2, -0.15) is 9.78 Å². The number of hydrogen-bond acceptors (Lipinski definition) is 6. The molecule has 1 N–H and O–H groups in total. The molecule has 4 rings (SSSR count). The zero-order chi connectivity index (χ0) is 19.7. The van der Waals surface area contributed by atoms with Crippen LogP contribution in [0, 0.1) is 0 Å². The van der Waals surface area contributed by atoms with Crippen molar-refractivity contribution in [1.82, 2.24) is 14.6 Å². The van der Waals surface area contributed by atoms with E-state index in [1.165, 1.54) is 11.0 Å². The van der Waals surface area contributed by atoms with E-state index < -0.39 is 0 Å². The van der Waals surface area contributed by atoms with Gasteiger partial charge in [-0.15, -0.1) is 0 Å². The lowest BCUT2D eigenvalue weighted by Gasteiger charge is -2.07. The quantitative estimate of drug-likeness (QED) is 0.539. The molecule has 0 aliphatic carbocycles. The van der Waals surface area contributed by atoms with E-state index in [1.54, 1.807) is 39.7 Å². The molecule has 8 heteroatoms. The van der Waals surface area contributed by atoms with Gasteiger partial charge in [0, 0.05) is 10.9 Å². The average molecular weight is 378 g/mol. The minimum absolute atomic E-state index is 0.295. The third-order valence-corrected chi connectivity index (χ3v) is 4.44. The van der Waals surface area contributed by atoms with E-state index in [0.717, 1.165) is 16.5 Å². The summed E-state index contributed by atoms with van der Waals surface area (Å²) in [7, 11) is 4.73. The minimum atomic E-state index is -0.295. The predicted molar refractivity (Wildman–Crippen MR) is 107 cm³/mol. The summed E-state index contributed by atoms with van der Waals surface area (Å²) in [5.41, 5.74) is 2.23. The van der Waals surface area contributed by atoms with Crippen LogP contribution < -0.4 is 19.8 Å². The van der Waals surface area contributed by atoms with Crippen molar-refractivity contribution in [3.05, 3.63) is 58.6 Å². The van der Waals surface area contributed by atoms with Crippen LogP contribution in [0.4, 0.5) is 0 Å². The number of rotatable bonds is 5. The number of nitrogens with one attached hydrogen (secondary N) is 1. The summed E-state index contributed by atoms with van der Waals surface area (Å²) in [6.45, 7) is 0. The van der Waals surface area contributed by atoms with Gasteiger partial charge in [0.1, 0.15) is 23.1 Å². The van der Waals surface area contributed by atoms with Crippen molar-refractivity contribution in [2.24, 2.45) is 5.10 Å². The Kier molecular flexibility index (Phi) is 4.44. The van der Waals surface area contributed by atoms with Crippen LogP contribution in [0.3, 0.4) is 0 Å². The molecule has 2 aromatic heterocycles. The Balaban J connectivity index is 1.75. The molecule has 8 nitrogen and oxygen atoms in total. The van der Waals surface area contributed by atoms with E-state index in [1.807, 2.05) is 24.3 Å². The maximum atomic E-state index is 12.8. The van der Waals surface area contributed by atoms with Crippen LogP contribution in [0.15, 0.2) is 52.6 Å². The molecule has 4 aromatic rings. The van der Waals surface area contributed by atoms with Gasteiger partial charge >= 0.3 is 0 Å². The molecular weight excluding hydrogens is 360 g/mol. The second-order valence-electron chi connectivity index (χ2n) is 6.01. The van der Waals surface area contributed by atoms with Crippen LogP contribution in [-0.4, -0.2) is 42.2 Å². The number of benzene rings is 2. The number of nitrogens with zero attached hydrogens (tertiary/aromatic N) is 3. The van der Waals surface area contributed by atoms with Gasteiger partial charge < -0.3 is 19.2 Å². The van der Waals surface area contributed by atoms with Gasteiger partial charge in [0.05, 0.1) is 27.5 Å². The van der Waals surface area contributed by atoms with Gasteiger partial charge in [0.15, 0.2) is 11.5 Å². The second-order valence-corrected chi connectivity index (χ2v) is 6.01. The SMILES string of the molecule is COc1ccc2[nH]c3c(=O)n(/N=C\c4ccc(OC)c(OC)c4)cnc3c2c1. The lowest BCUT2D eigenvalue weighted by molar-refractivity contribution is 0.355. The molecule has 0 unspecified atom stereocenters. The summed E-state index contributed by atoms with van der Waals surface area (Å²) >= 11 is 0. The van der Waals surface area contributed by atoms with E-state index in [9.17, 15) is 4.79 Å². The highest BCUT2D eigenvalue weighted by atomic mass is 16.5. The highest BCUT2D eigenvalue weighted by Crippen LogP contribution is 2.27. The number of fused-ring (bicyclic) bond motifs is 3. The normalized spacial score (nSPS) is 11.4. The smallest absolute Gasteiger partial charge is 0.298 e. The summed E-state index contributed by atoms with van der Waals surface area (Å²) in [6.07, 6.45) is 2.96. The monoisotopic (exact) mass is 378 g/mol. The number of aromatic nitrogens is 3. The molecule has 0 fully saturated rings. The van der Waals surface area contributed by atoms with Gasteiger partial charge in [0.2, 0.25) is 0 Å². The fourth-order valence-electron chi connectivity index (χ4n) is 3.00. The minimum Gasteiger partial charge on any atom is -0.497 e. The molecule has 2 heterocycles. The first kappa shape index (κ1) is 17.6. The number of aromatic amines is 1.